The van der Waals surface area contributed by atoms with E-state index in [1.165, 1.54) is 53.2 Å². The number of amides is 1. The number of nitrogens with one attached hydrogen (secondary N) is 1. The Hall–Kier alpha value is -5.12. The number of aromatic hydroxyl groups is 3. The lowest BCUT2D eigenvalue weighted by molar-refractivity contribution is -0.160. The highest BCUT2D eigenvalue weighted by atomic mass is 16.7. The van der Waals surface area contributed by atoms with E-state index in [1.54, 1.807) is 60.6 Å². The number of ketones is 1. The van der Waals surface area contributed by atoms with E-state index >= 15 is 0 Å². The number of hydrogen-bond donors (Lipinski definition) is 6. The third kappa shape index (κ3) is 9.05. The molecular weight excluding hydrogens is 740 g/mol. The van der Waals surface area contributed by atoms with Crippen LogP contribution in [0.3, 0.4) is 0 Å². The van der Waals surface area contributed by atoms with Gasteiger partial charge in [-0.15, -0.1) is 0 Å². The SMILES string of the molecule is CO[C@H]1C=CO[C@@]2(C)Oc3c(C)c(O)c4c(O)c(c(/C=N/OC(C)(C)C)c(O)c4c3C2=O)NC(=O)/C(C)=C\C=C/[C@H](C)[C@H](O)[C@@H](C)[C@@H](O)[C@@H](C)[C@H](OC(C)=O)[C@@H]1C. The van der Waals surface area contributed by atoms with E-state index in [0.29, 0.717) is 0 Å². The predicted molar refractivity (Wildman–Crippen MR) is 212 cm³/mol. The highest BCUT2D eigenvalue weighted by molar-refractivity contribution is 6.23. The lowest BCUT2D eigenvalue weighted by Crippen LogP contribution is -2.46. The van der Waals surface area contributed by atoms with Crippen LogP contribution < -0.4 is 10.1 Å². The number of fused-ring (bicyclic) bond motifs is 14. The van der Waals surface area contributed by atoms with Crippen molar-refractivity contribution in [3.8, 4) is 23.0 Å². The molecule has 0 unspecified atom stereocenters. The molecule has 57 heavy (non-hydrogen) atoms. The summed E-state index contributed by atoms with van der Waals surface area (Å²) < 4.78 is 23.5. The van der Waals surface area contributed by atoms with Crippen LogP contribution in [-0.2, 0) is 28.6 Å². The van der Waals surface area contributed by atoms with Gasteiger partial charge in [0.15, 0.2) is 5.75 Å². The summed E-state index contributed by atoms with van der Waals surface area (Å²) in [5, 5.41) is 63.9. The molecule has 0 saturated heterocycles. The number of benzene rings is 2. The number of ether oxygens (including phenoxy) is 4. The van der Waals surface area contributed by atoms with Crippen molar-refractivity contribution in [2.24, 2.45) is 28.8 Å². The summed E-state index contributed by atoms with van der Waals surface area (Å²) in [6.07, 6.45) is 4.50. The first kappa shape index (κ1) is 44.6. The van der Waals surface area contributed by atoms with Crippen molar-refractivity contribution in [1.82, 2.24) is 0 Å². The fourth-order valence-corrected chi connectivity index (χ4v) is 7.11. The third-order valence-corrected chi connectivity index (χ3v) is 10.5. The first-order valence-corrected chi connectivity index (χ1v) is 18.8. The molecule has 15 heteroatoms. The first-order valence-electron chi connectivity index (χ1n) is 18.8. The molecule has 0 aliphatic carbocycles. The van der Waals surface area contributed by atoms with E-state index in [-0.39, 0.29) is 44.5 Å². The molecule has 0 aromatic heterocycles. The van der Waals surface area contributed by atoms with Crippen LogP contribution in [0.15, 0.2) is 41.3 Å². The zero-order valence-electron chi connectivity index (χ0n) is 34.5. The number of rotatable bonds is 4. The number of anilines is 1. The van der Waals surface area contributed by atoms with Crippen molar-refractivity contribution in [1.29, 1.82) is 0 Å². The molecule has 0 saturated carbocycles. The number of phenols is 3. The molecule has 0 spiro atoms. The fraction of sp³-hybridized carbons (Fsp3) is 0.524. The van der Waals surface area contributed by atoms with Crippen molar-refractivity contribution >= 4 is 40.3 Å². The van der Waals surface area contributed by atoms with Crippen LogP contribution in [0, 0.1) is 30.6 Å². The average Bonchev–Trinajstić information content (AvgIpc) is 3.40. The number of carbonyl (C=O) groups excluding carboxylic acids is 3. The van der Waals surface area contributed by atoms with Gasteiger partial charge in [0, 0.05) is 61.2 Å². The number of aliphatic hydroxyl groups excluding tert-OH is 2. The van der Waals surface area contributed by atoms with Crippen molar-refractivity contribution in [2.75, 3.05) is 12.4 Å². The van der Waals surface area contributed by atoms with Gasteiger partial charge in [-0.05, 0) is 40.7 Å². The Bertz CT molecular complexity index is 2010. The summed E-state index contributed by atoms with van der Waals surface area (Å²) in [4.78, 5) is 45.7. The molecule has 5 rings (SSSR count). The molecule has 3 heterocycles. The average molecular weight is 797 g/mol. The zero-order chi connectivity index (χ0) is 42.9. The van der Waals surface area contributed by atoms with Crippen molar-refractivity contribution in [3.05, 3.63) is 52.8 Å². The first-order chi connectivity index (χ1) is 26.5. The molecule has 2 aromatic carbocycles. The van der Waals surface area contributed by atoms with Gasteiger partial charge in [0.1, 0.15) is 29.0 Å². The van der Waals surface area contributed by atoms with Crippen molar-refractivity contribution < 1.29 is 63.7 Å². The van der Waals surface area contributed by atoms with Gasteiger partial charge >= 0.3 is 11.8 Å². The number of hydrogen-bond acceptors (Lipinski definition) is 14. The van der Waals surface area contributed by atoms with E-state index in [4.69, 9.17) is 23.8 Å². The number of nitrogens with zero attached hydrogens (tertiary/aromatic N) is 1. The normalized spacial score (nSPS) is 30.5. The molecule has 1 amide bonds. The van der Waals surface area contributed by atoms with Crippen LogP contribution in [0.4, 0.5) is 5.69 Å². The van der Waals surface area contributed by atoms with Gasteiger partial charge in [-0.2, -0.15) is 0 Å². The van der Waals surface area contributed by atoms with Crippen molar-refractivity contribution in [2.45, 2.75) is 112 Å². The summed E-state index contributed by atoms with van der Waals surface area (Å²) in [5.41, 5.74) is -1.41. The van der Waals surface area contributed by atoms with Gasteiger partial charge in [0.25, 0.3) is 11.7 Å². The van der Waals surface area contributed by atoms with E-state index in [2.05, 4.69) is 10.5 Å². The molecule has 5 bridgehead atoms. The summed E-state index contributed by atoms with van der Waals surface area (Å²) in [7, 11) is 1.43. The minimum atomic E-state index is -2.06. The molecule has 15 nitrogen and oxygen atoms in total. The summed E-state index contributed by atoms with van der Waals surface area (Å²) in [6.45, 7) is 17.6. The van der Waals surface area contributed by atoms with E-state index in [0.717, 1.165) is 6.21 Å². The lowest BCUT2D eigenvalue weighted by atomic mass is 9.78. The molecule has 3 aliphatic rings. The number of aliphatic hydroxyl groups is 2. The number of oxime groups is 1. The van der Waals surface area contributed by atoms with E-state index < -0.39 is 94.4 Å². The van der Waals surface area contributed by atoms with Crippen LogP contribution in [0.1, 0.15) is 90.7 Å². The molecule has 2 aromatic rings. The topological polar surface area (TPSA) is 223 Å². The van der Waals surface area contributed by atoms with Gasteiger partial charge in [0.05, 0.1) is 53.0 Å². The Kier molecular flexibility index (Phi) is 13.4. The number of esters is 1. The lowest BCUT2D eigenvalue weighted by Gasteiger charge is -2.38. The van der Waals surface area contributed by atoms with E-state index in [9.17, 15) is 39.9 Å². The van der Waals surface area contributed by atoms with Crippen LogP contribution in [0.2, 0.25) is 0 Å². The maximum atomic E-state index is 14.3. The number of carbonyl (C=O) groups is 3. The Balaban J connectivity index is 1.98. The van der Waals surface area contributed by atoms with Crippen LogP contribution in [-0.4, -0.2) is 92.3 Å². The van der Waals surface area contributed by atoms with Gasteiger partial charge in [-0.3, -0.25) is 14.4 Å². The Morgan fingerprint density at radius 3 is 2.19 bits per heavy atom. The number of Topliss-reactive ketones (excluding diaryl/α,β-unsaturated/α-hetero) is 1. The Morgan fingerprint density at radius 2 is 1.60 bits per heavy atom. The Morgan fingerprint density at radius 1 is 0.947 bits per heavy atom. The largest absolute Gasteiger partial charge is 0.507 e. The summed E-state index contributed by atoms with van der Waals surface area (Å²) in [5.74, 6) is -8.66. The molecule has 0 radical (unpaired) electrons. The van der Waals surface area contributed by atoms with Crippen LogP contribution in [0.25, 0.3) is 10.8 Å². The van der Waals surface area contributed by atoms with Gasteiger partial charge < -0.3 is 54.6 Å². The van der Waals surface area contributed by atoms with Crippen LogP contribution in [0.5, 0.6) is 23.0 Å². The smallest absolute Gasteiger partial charge is 0.312 e. The van der Waals surface area contributed by atoms with Gasteiger partial charge in [-0.1, -0.05) is 51.1 Å². The minimum absolute atomic E-state index is 0.0315. The molecule has 312 valence electrons. The van der Waals surface area contributed by atoms with Gasteiger partial charge in [0.2, 0.25) is 0 Å². The fourth-order valence-electron chi connectivity index (χ4n) is 7.11. The minimum Gasteiger partial charge on any atom is -0.507 e. The second kappa shape index (κ2) is 17.2. The summed E-state index contributed by atoms with van der Waals surface area (Å²) >= 11 is 0. The monoisotopic (exact) mass is 796 g/mol. The predicted octanol–water partition coefficient (Wildman–Crippen LogP) is 5.90. The molecule has 3 aliphatic heterocycles. The second-order valence-corrected chi connectivity index (χ2v) is 16.1. The number of allylic oxidation sites excluding steroid dienone is 2. The molecular formula is C42H56N2O13. The highest BCUT2D eigenvalue weighted by Gasteiger charge is 2.50. The highest BCUT2D eigenvalue weighted by Crippen LogP contribution is 2.55. The van der Waals surface area contributed by atoms with Crippen LogP contribution >= 0.6 is 0 Å². The van der Waals surface area contributed by atoms with E-state index in [1.807, 2.05) is 0 Å². The van der Waals surface area contributed by atoms with Gasteiger partial charge in [-0.25, -0.2) is 0 Å². The third-order valence-electron chi connectivity index (χ3n) is 10.5. The summed E-state index contributed by atoms with van der Waals surface area (Å²) in [6, 6.07) is 0. The van der Waals surface area contributed by atoms with Crippen molar-refractivity contribution in [3.63, 3.8) is 0 Å². The second-order valence-electron chi connectivity index (χ2n) is 16.1. The molecule has 0 fully saturated rings. The quantitative estimate of drug-likeness (QED) is 0.0698. The molecule has 9 atom stereocenters. The Labute approximate surface area is 332 Å². The number of methoxy groups -OCH3 is 1. The maximum Gasteiger partial charge on any atom is 0.312 e. The molecule has 6 N–H and O–H groups in total. The standard InChI is InChI=1S/C42H56N2O13/c1-19-14-13-15-20(2)40(52)44-31-26(18-43-57-41(8,9)10)35(49)28-29(36(31)50)34(48)24(6)38-30(28)39(51)42(11,56-38)54-17-16-27(53-12)21(3)37(55-25(7)45)23(5)33(47)22(4)32(19)46/h13-19,21-23,27,32-33,37,46-50H,1-12H3,(H,44,52)/b14-13-,17-16?,20-15-,43-18+/t19-,21+,22+,23+,27-,32-,33+,37+,42-/m0/s1. The maximum absolute atomic E-state index is 14.3. The number of phenolic OH excluding ortho intramolecular Hbond substituents is 3. The zero-order valence-corrected chi connectivity index (χ0v) is 34.5.